The van der Waals surface area contributed by atoms with E-state index in [0.29, 0.717) is 5.88 Å². The molecule has 3 aromatic rings. The van der Waals surface area contributed by atoms with Gasteiger partial charge >= 0.3 is 0 Å². The van der Waals surface area contributed by atoms with E-state index in [1.165, 1.54) is 28.8 Å². The number of fused-ring (bicyclic) bond motifs is 1. The van der Waals surface area contributed by atoms with Crippen molar-refractivity contribution in [3.63, 3.8) is 0 Å². The van der Waals surface area contributed by atoms with Gasteiger partial charge in [0.05, 0.1) is 11.4 Å². The standard InChI is InChI=1S/C18H19N3O2S/c1-11-4-5-14(8-12(11)2)13(3)21-16(22)9-23-17-15-6-7-24-18(15)20-10-19-17/h4-8,10,13H,9H2,1-3H3,(H,21,22). The number of ether oxygens (including phenoxy) is 1. The van der Waals surface area contributed by atoms with Gasteiger partial charge in [-0.15, -0.1) is 11.3 Å². The van der Waals surface area contributed by atoms with Crippen LogP contribution in [0, 0.1) is 13.8 Å². The maximum Gasteiger partial charge on any atom is 0.258 e. The molecule has 5 nitrogen and oxygen atoms in total. The zero-order valence-corrected chi connectivity index (χ0v) is 14.7. The molecule has 6 heteroatoms. The first-order chi connectivity index (χ1) is 11.5. The molecule has 1 atom stereocenters. The van der Waals surface area contributed by atoms with E-state index in [9.17, 15) is 4.79 Å². The van der Waals surface area contributed by atoms with Crippen molar-refractivity contribution in [2.75, 3.05) is 6.61 Å². The Morgan fingerprint density at radius 3 is 2.88 bits per heavy atom. The van der Waals surface area contributed by atoms with Gasteiger partial charge in [0.25, 0.3) is 5.91 Å². The highest BCUT2D eigenvalue weighted by atomic mass is 32.1. The Kier molecular flexibility index (Phi) is 4.76. The largest absolute Gasteiger partial charge is 0.467 e. The lowest BCUT2D eigenvalue weighted by Crippen LogP contribution is -2.31. The van der Waals surface area contributed by atoms with Gasteiger partial charge in [0, 0.05) is 0 Å². The van der Waals surface area contributed by atoms with Gasteiger partial charge in [0.15, 0.2) is 6.61 Å². The van der Waals surface area contributed by atoms with Crippen LogP contribution in [0.25, 0.3) is 10.2 Å². The van der Waals surface area contributed by atoms with E-state index >= 15 is 0 Å². The van der Waals surface area contributed by atoms with Crippen LogP contribution in [0.15, 0.2) is 36.0 Å². The molecule has 0 radical (unpaired) electrons. The molecular weight excluding hydrogens is 322 g/mol. The van der Waals surface area contributed by atoms with Crippen LogP contribution in [0.5, 0.6) is 5.88 Å². The number of nitrogens with one attached hydrogen (secondary N) is 1. The molecule has 0 fully saturated rings. The van der Waals surface area contributed by atoms with Gasteiger partial charge in [-0.25, -0.2) is 9.97 Å². The number of benzene rings is 1. The molecular formula is C18H19N3O2S. The highest BCUT2D eigenvalue weighted by Gasteiger charge is 2.12. The Hall–Kier alpha value is -2.47. The smallest absolute Gasteiger partial charge is 0.258 e. The molecule has 24 heavy (non-hydrogen) atoms. The quantitative estimate of drug-likeness (QED) is 0.770. The third-order valence-corrected chi connectivity index (χ3v) is 4.79. The fourth-order valence-corrected chi connectivity index (χ4v) is 3.14. The maximum absolute atomic E-state index is 12.1. The zero-order chi connectivity index (χ0) is 17.1. The molecule has 124 valence electrons. The van der Waals surface area contributed by atoms with E-state index in [-0.39, 0.29) is 18.6 Å². The van der Waals surface area contributed by atoms with Crippen molar-refractivity contribution in [2.24, 2.45) is 0 Å². The van der Waals surface area contributed by atoms with Gasteiger partial charge in [-0.05, 0) is 48.9 Å². The SMILES string of the molecule is Cc1ccc(C(C)NC(=O)COc2ncnc3sccc23)cc1C. The molecule has 2 heterocycles. The Morgan fingerprint density at radius 1 is 1.25 bits per heavy atom. The summed E-state index contributed by atoms with van der Waals surface area (Å²) in [6, 6.07) is 8.02. The van der Waals surface area contributed by atoms with Crippen molar-refractivity contribution in [3.05, 3.63) is 52.7 Å². The first-order valence-electron chi connectivity index (χ1n) is 7.72. The first-order valence-corrected chi connectivity index (χ1v) is 8.60. The van der Waals surface area contributed by atoms with Crippen LogP contribution in [0.2, 0.25) is 0 Å². The lowest BCUT2D eigenvalue weighted by Gasteiger charge is -2.16. The predicted octanol–water partition coefficient (Wildman–Crippen LogP) is 3.56. The number of aromatic nitrogens is 2. The third-order valence-electron chi connectivity index (χ3n) is 3.97. The molecule has 1 unspecified atom stereocenters. The Balaban J connectivity index is 1.61. The fourth-order valence-electron chi connectivity index (χ4n) is 2.42. The van der Waals surface area contributed by atoms with Crippen molar-refractivity contribution in [2.45, 2.75) is 26.8 Å². The van der Waals surface area contributed by atoms with E-state index in [1.54, 1.807) is 0 Å². The van der Waals surface area contributed by atoms with Gasteiger partial charge in [-0.3, -0.25) is 4.79 Å². The van der Waals surface area contributed by atoms with E-state index < -0.39 is 0 Å². The third kappa shape index (κ3) is 3.54. The molecule has 0 bridgehead atoms. The van der Waals surface area contributed by atoms with Crippen LogP contribution in [-0.4, -0.2) is 22.5 Å². The van der Waals surface area contributed by atoms with Crippen LogP contribution in [0.4, 0.5) is 0 Å². The second-order valence-electron chi connectivity index (χ2n) is 5.74. The summed E-state index contributed by atoms with van der Waals surface area (Å²) < 4.78 is 5.56. The molecule has 0 saturated carbocycles. The fraction of sp³-hybridized carbons (Fsp3) is 0.278. The lowest BCUT2D eigenvalue weighted by atomic mass is 10.0. The average molecular weight is 341 g/mol. The number of hydrogen-bond donors (Lipinski definition) is 1. The lowest BCUT2D eigenvalue weighted by molar-refractivity contribution is -0.123. The summed E-state index contributed by atoms with van der Waals surface area (Å²) in [4.78, 5) is 21.3. The van der Waals surface area contributed by atoms with E-state index in [2.05, 4.69) is 41.3 Å². The molecule has 2 aromatic heterocycles. The number of carbonyl (C=O) groups excluding carboxylic acids is 1. The maximum atomic E-state index is 12.1. The molecule has 1 aromatic carbocycles. The van der Waals surface area contributed by atoms with Gasteiger partial charge in [0.2, 0.25) is 5.88 Å². The normalized spacial score (nSPS) is 12.1. The van der Waals surface area contributed by atoms with Crippen LogP contribution in [0.3, 0.4) is 0 Å². The molecule has 0 saturated heterocycles. The number of thiophene rings is 1. The van der Waals surface area contributed by atoms with Crippen molar-refractivity contribution < 1.29 is 9.53 Å². The van der Waals surface area contributed by atoms with Gasteiger partial charge in [-0.1, -0.05) is 18.2 Å². The highest BCUT2D eigenvalue weighted by molar-refractivity contribution is 7.16. The molecule has 0 aliphatic carbocycles. The van der Waals surface area contributed by atoms with Crippen LogP contribution in [-0.2, 0) is 4.79 Å². The average Bonchev–Trinajstić information content (AvgIpc) is 3.04. The second kappa shape index (κ2) is 6.97. The highest BCUT2D eigenvalue weighted by Crippen LogP contribution is 2.25. The Morgan fingerprint density at radius 2 is 2.08 bits per heavy atom. The summed E-state index contributed by atoms with van der Waals surface area (Å²) in [5.41, 5.74) is 3.53. The summed E-state index contributed by atoms with van der Waals surface area (Å²) in [5, 5.41) is 5.71. The molecule has 3 rings (SSSR count). The number of carbonyl (C=O) groups is 1. The van der Waals surface area contributed by atoms with Crippen LogP contribution in [0.1, 0.15) is 29.7 Å². The van der Waals surface area contributed by atoms with E-state index in [4.69, 9.17) is 4.74 Å². The number of rotatable bonds is 5. The Bertz CT molecular complexity index is 876. The Labute approximate surface area is 144 Å². The van der Waals surface area contributed by atoms with Gasteiger partial charge < -0.3 is 10.1 Å². The number of amides is 1. The molecule has 1 amide bonds. The molecule has 0 aliphatic heterocycles. The summed E-state index contributed by atoms with van der Waals surface area (Å²) in [7, 11) is 0. The van der Waals surface area contributed by atoms with Crippen molar-refractivity contribution in [1.82, 2.24) is 15.3 Å². The van der Waals surface area contributed by atoms with Gasteiger partial charge in [-0.2, -0.15) is 0 Å². The van der Waals surface area contributed by atoms with Crippen molar-refractivity contribution in [1.29, 1.82) is 0 Å². The number of nitrogens with zero attached hydrogens (tertiary/aromatic N) is 2. The van der Waals surface area contributed by atoms with Gasteiger partial charge in [0.1, 0.15) is 11.2 Å². The monoisotopic (exact) mass is 341 g/mol. The summed E-state index contributed by atoms with van der Waals surface area (Å²) in [5.74, 6) is 0.262. The molecule has 1 N–H and O–H groups in total. The van der Waals surface area contributed by atoms with E-state index in [1.807, 2.05) is 24.4 Å². The topological polar surface area (TPSA) is 64.1 Å². The van der Waals surface area contributed by atoms with Crippen LogP contribution < -0.4 is 10.1 Å². The van der Waals surface area contributed by atoms with Crippen LogP contribution >= 0.6 is 11.3 Å². The minimum atomic E-state index is -0.178. The minimum Gasteiger partial charge on any atom is -0.467 e. The first kappa shape index (κ1) is 16.4. The molecule has 0 spiro atoms. The summed E-state index contributed by atoms with van der Waals surface area (Å²) in [6.07, 6.45) is 1.45. The second-order valence-corrected chi connectivity index (χ2v) is 6.63. The molecule has 0 aliphatic rings. The van der Waals surface area contributed by atoms with E-state index in [0.717, 1.165) is 15.8 Å². The predicted molar refractivity (Wildman–Crippen MR) is 95.4 cm³/mol. The van der Waals surface area contributed by atoms with Crippen molar-refractivity contribution >= 4 is 27.5 Å². The zero-order valence-electron chi connectivity index (χ0n) is 13.9. The minimum absolute atomic E-state index is 0.0723. The summed E-state index contributed by atoms with van der Waals surface area (Å²) in [6.45, 7) is 6.03. The number of aryl methyl sites for hydroxylation is 2. The summed E-state index contributed by atoms with van der Waals surface area (Å²) >= 11 is 1.51. The number of hydrogen-bond acceptors (Lipinski definition) is 5. The van der Waals surface area contributed by atoms with Crippen molar-refractivity contribution in [3.8, 4) is 5.88 Å².